The van der Waals surface area contributed by atoms with Crippen LogP contribution in [0.2, 0.25) is 0 Å². The number of hydrogen-bond acceptors (Lipinski definition) is 7. The molecule has 0 spiro atoms. The summed E-state index contributed by atoms with van der Waals surface area (Å²) >= 11 is 0.815. The second-order valence-corrected chi connectivity index (χ2v) is 10.8. The Morgan fingerprint density at radius 2 is 2.11 bits per heavy atom. The van der Waals surface area contributed by atoms with Crippen LogP contribution in [0, 0.1) is 11.0 Å². The molecule has 0 N–H and O–H groups in total. The normalized spacial score (nSPS) is 21.2. The Labute approximate surface area is 165 Å². The molecule has 28 heavy (non-hydrogen) atoms. The third-order valence-corrected chi connectivity index (χ3v) is 8.32. The number of aromatic nitrogens is 3. The zero-order chi connectivity index (χ0) is 19.9. The molecule has 2 aliphatic rings. The number of rotatable bonds is 8. The Morgan fingerprint density at radius 1 is 1.32 bits per heavy atom. The van der Waals surface area contributed by atoms with Gasteiger partial charge in [0.2, 0.25) is 0 Å². The maximum atomic E-state index is 13.2. The van der Waals surface area contributed by atoms with E-state index in [0.29, 0.717) is 43.5 Å². The predicted molar refractivity (Wildman–Crippen MR) is 99.2 cm³/mol. The SMILES string of the molecule is O=C1CC[C@H](C[C@@H](C(=O)Cc2ncc(F)s2)n2cc(S(=O)(=O)C3CC3)cn2)C1. The largest absolute Gasteiger partial charge is 0.300 e. The first kappa shape index (κ1) is 19.4. The maximum Gasteiger partial charge on any atom is 0.196 e. The first-order valence-electron chi connectivity index (χ1n) is 9.25. The van der Waals surface area contributed by atoms with E-state index in [-0.39, 0.29) is 34.1 Å². The van der Waals surface area contributed by atoms with Crippen molar-refractivity contribution in [2.24, 2.45) is 5.92 Å². The van der Waals surface area contributed by atoms with Gasteiger partial charge in [0.05, 0.1) is 24.1 Å². The minimum atomic E-state index is -3.40. The van der Waals surface area contributed by atoms with Crippen molar-refractivity contribution in [3.05, 3.63) is 28.7 Å². The van der Waals surface area contributed by atoms with Crippen molar-refractivity contribution in [3.8, 4) is 0 Å². The van der Waals surface area contributed by atoms with Crippen LogP contribution in [0.15, 0.2) is 23.5 Å². The summed E-state index contributed by atoms with van der Waals surface area (Å²) in [6, 6.07) is -0.703. The lowest BCUT2D eigenvalue weighted by Crippen LogP contribution is -2.24. The number of Topliss-reactive ketones (excluding diaryl/α,β-unsaturated/α-hetero) is 2. The van der Waals surface area contributed by atoms with E-state index in [4.69, 9.17) is 0 Å². The maximum absolute atomic E-state index is 13.2. The zero-order valence-corrected chi connectivity index (χ0v) is 16.7. The molecule has 2 aromatic heterocycles. The van der Waals surface area contributed by atoms with Gasteiger partial charge in [0.25, 0.3) is 0 Å². The van der Waals surface area contributed by atoms with Gasteiger partial charge >= 0.3 is 0 Å². The van der Waals surface area contributed by atoms with Crippen molar-refractivity contribution in [2.75, 3.05) is 0 Å². The Kier molecular flexibility index (Phi) is 5.17. The van der Waals surface area contributed by atoms with Gasteiger partial charge in [0.1, 0.15) is 21.7 Å². The molecule has 0 unspecified atom stereocenters. The van der Waals surface area contributed by atoms with Crippen LogP contribution < -0.4 is 0 Å². The first-order chi connectivity index (χ1) is 13.3. The fourth-order valence-corrected chi connectivity index (χ4v) is 5.88. The van der Waals surface area contributed by atoms with Crippen LogP contribution in [0.4, 0.5) is 4.39 Å². The highest BCUT2D eigenvalue weighted by molar-refractivity contribution is 7.92. The van der Waals surface area contributed by atoms with E-state index in [2.05, 4.69) is 10.1 Å². The number of hydrogen-bond donors (Lipinski definition) is 0. The van der Waals surface area contributed by atoms with Crippen LogP contribution in [-0.4, -0.2) is 40.0 Å². The van der Waals surface area contributed by atoms with E-state index in [1.54, 1.807) is 0 Å². The quantitative estimate of drug-likeness (QED) is 0.644. The molecule has 2 atom stereocenters. The molecule has 2 aliphatic carbocycles. The zero-order valence-electron chi connectivity index (χ0n) is 15.1. The average Bonchev–Trinajstić information content (AvgIpc) is 3.04. The molecule has 2 aromatic rings. The van der Waals surface area contributed by atoms with Gasteiger partial charge in [-0.2, -0.15) is 9.49 Å². The molecular formula is C18H20FN3O4S2. The van der Waals surface area contributed by atoms with Crippen LogP contribution in [0.5, 0.6) is 0 Å². The monoisotopic (exact) mass is 425 g/mol. The van der Waals surface area contributed by atoms with E-state index in [9.17, 15) is 22.4 Å². The number of nitrogens with zero attached hydrogens (tertiary/aromatic N) is 3. The van der Waals surface area contributed by atoms with E-state index in [1.165, 1.54) is 17.1 Å². The molecule has 0 aromatic carbocycles. The summed E-state index contributed by atoms with van der Waals surface area (Å²) in [5.41, 5.74) is 0. The lowest BCUT2D eigenvalue weighted by molar-refractivity contribution is -0.123. The van der Waals surface area contributed by atoms with Gasteiger partial charge in [0.15, 0.2) is 20.8 Å². The number of carbonyl (C=O) groups excluding carboxylic acids is 2. The van der Waals surface area contributed by atoms with Crippen molar-refractivity contribution in [1.29, 1.82) is 0 Å². The van der Waals surface area contributed by atoms with Gasteiger partial charge in [-0.25, -0.2) is 13.4 Å². The summed E-state index contributed by atoms with van der Waals surface area (Å²) in [6.45, 7) is 0. The van der Waals surface area contributed by atoms with Crippen molar-refractivity contribution < 1.29 is 22.4 Å². The Morgan fingerprint density at radius 3 is 2.71 bits per heavy atom. The van der Waals surface area contributed by atoms with Crippen molar-refractivity contribution in [3.63, 3.8) is 0 Å². The number of halogens is 1. The predicted octanol–water partition coefficient (Wildman–Crippen LogP) is 2.53. The van der Waals surface area contributed by atoms with Gasteiger partial charge in [-0.1, -0.05) is 11.3 Å². The van der Waals surface area contributed by atoms with Crippen molar-refractivity contribution >= 4 is 32.7 Å². The molecule has 7 nitrogen and oxygen atoms in total. The minimum Gasteiger partial charge on any atom is -0.300 e. The molecule has 4 rings (SSSR count). The third kappa shape index (κ3) is 4.07. The summed E-state index contributed by atoms with van der Waals surface area (Å²) in [7, 11) is -3.40. The molecule has 2 fully saturated rings. The molecule has 2 saturated carbocycles. The second kappa shape index (κ2) is 7.47. The van der Waals surface area contributed by atoms with Gasteiger partial charge in [-0.15, -0.1) is 0 Å². The third-order valence-electron chi connectivity index (χ3n) is 5.32. The highest BCUT2D eigenvalue weighted by Crippen LogP contribution is 2.35. The van der Waals surface area contributed by atoms with Gasteiger partial charge < -0.3 is 0 Å². The fourth-order valence-electron chi connectivity index (χ4n) is 3.64. The second-order valence-electron chi connectivity index (χ2n) is 7.50. The van der Waals surface area contributed by atoms with Crippen molar-refractivity contribution in [1.82, 2.24) is 14.8 Å². The summed E-state index contributed by atoms with van der Waals surface area (Å²) in [5, 5.41) is 3.71. The highest BCUT2D eigenvalue weighted by atomic mass is 32.2. The molecule has 0 amide bonds. The van der Waals surface area contributed by atoms with E-state index >= 15 is 0 Å². The average molecular weight is 426 g/mol. The molecule has 0 aliphatic heterocycles. The van der Waals surface area contributed by atoms with Crippen LogP contribution in [0.25, 0.3) is 0 Å². The Hall–Kier alpha value is -1.94. The van der Waals surface area contributed by atoms with E-state index in [1.807, 2.05) is 0 Å². The van der Waals surface area contributed by atoms with Crippen molar-refractivity contribution in [2.45, 2.75) is 61.1 Å². The van der Waals surface area contributed by atoms with Gasteiger partial charge in [-0.05, 0) is 31.6 Å². The van der Waals surface area contributed by atoms with Gasteiger partial charge in [0, 0.05) is 19.0 Å². The summed E-state index contributed by atoms with van der Waals surface area (Å²) in [5.74, 6) is 0.0185. The molecule has 0 radical (unpaired) electrons. The van der Waals surface area contributed by atoms with E-state index < -0.39 is 21.0 Å². The molecule has 10 heteroatoms. The van der Waals surface area contributed by atoms with Gasteiger partial charge in [-0.3, -0.25) is 14.3 Å². The molecule has 2 heterocycles. The summed E-state index contributed by atoms with van der Waals surface area (Å²) < 4.78 is 39.5. The minimum absolute atomic E-state index is 0.0511. The fraction of sp³-hybridized carbons (Fsp3) is 0.556. The Bertz CT molecular complexity index is 1010. The number of thiazole rings is 1. The first-order valence-corrected chi connectivity index (χ1v) is 11.6. The lowest BCUT2D eigenvalue weighted by atomic mass is 9.95. The molecular weight excluding hydrogens is 405 g/mol. The summed E-state index contributed by atoms with van der Waals surface area (Å²) in [6.07, 6.45) is 7.06. The van der Waals surface area contributed by atoms with Crippen LogP contribution in [0.3, 0.4) is 0 Å². The van der Waals surface area contributed by atoms with E-state index in [0.717, 1.165) is 17.5 Å². The number of ketones is 2. The molecule has 150 valence electrons. The summed E-state index contributed by atoms with van der Waals surface area (Å²) in [4.78, 5) is 28.6. The topological polar surface area (TPSA) is 99.0 Å². The standard InChI is InChI=1S/C18H20FN3O4S2/c19-17-9-20-18(27-17)7-16(24)15(6-11-1-2-12(23)5-11)22-10-14(8-21-22)28(25,26)13-3-4-13/h8-11,13,15H,1-7H2/t11-,15-/m0/s1. The number of carbonyl (C=O) groups is 2. The molecule has 0 bridgehead atoms. The highest BCUT2D eigenvalue weighted by Gasteiger charge is 2.38. The lowest BCUT2D eigenvalue weighted by Gasteiger charge is -2.19. The smallest absolute Gasteiger partial charge is 0.196 e. The van der Waals surface area contributed by atoms with Crippen LogP contribution >= 0.6 is 11.3 Å². The van der Waals surface area contributed by atoms with Crippen LogP contribution in [-0.2, 0) is 25.8 Å². The van der Waals surface area contributed by atoms with Crippen LogP contribution in [0.1, 0.15) is 49.6 Å². The molecule has 0 saturated heterocycles. The Balaban J connectivity index is 1.58. The number of sulfone groups is 1.